The number of aliphatic hydroxyl groups excluding tert-OH is 1. The van der Waals surface area contributed by atoms with E-state index in [2.05, 4.69) is 14.2 Å². The first-order valence-corrected chi connectivity index (χ1v) is 23.9. The lowest BCUT2D eigenvalue weighted by Crippen LogP contribution is -2.70. The summed E-state index contributed by atoms with van der Waals surface area (Å²) in [6.07, 6.45) is -5.12. The summed E-state index contributed by atoms with van der Waals surface area (Å²) in [6.45, 7) is 0.213. The Balaban J connectivity index is 0.860. The summed E-state index contributed by atoms with van der Waals surface area (Å²) < 4.78 is 106. The monoisotopic (exact) mass is 941 g/mol. The molecule has 5 aliphatic carbocycles. The summed E-state index contributed by atoms with van der Waals surface area (Å²) in [6, 6.07) is 20.4. The highest BCUT2D eigenvalue weighted by Crippen LogP contribution is 2.73. The number of halogens is 3. The van der Waals surface area contributed by atoms with Gasteiger partial charge in [0.25, 0.3) is 15.6 Å². The van der Waals surface area contributed by atoms with Crippen LogP contribution in [0.4, 0.5) is 18.0 Å². The fraction of sp³-hybridized carbons (Fsp3) is 0.444. The van der Waals surface area contributed by atoms with Crippen LogP contribution >= 0.6 is 15.6 Å². The number of amides is 1. The molecule has 9 rings (SSSR count). The van der Waals surface area contributed by atoms with E-state index in [1.54, 1.807) is 0 Å². The third-order valence-electron chi connectivity index (χ3n) is 14.4. The number of ether oxygens (including phenoxy) is 3. The van der Waals surface area contributed by atoms with Crippen molar-refractivity contribution in [1.82, 2.24) is 5.32 Å². The van der Waals surface area contributed by atoms with Gasteiger partial charge in [-0.25, -0.2) is 22.3 Å². The second kappa shape index (κ2) is 16.5. The molecule has 3 aromatic rings. The zero-order chi connectivity index (χ0) is 46.3. The van der Waals surface area contributed by atoms with Crippen molar-refractivity contribution in [1.29, 1.82) is 0 Å². The van der Waals surface area contributed by atoms with Gasteiger partial charge in [0.15, 0.2) is 29.1 Å². The highest BCUT2D eigenvalue weighted by atomic mass is 31.3. The van der Waals surface area contributed by atoms with E-state index in [-0.39, 0.29) is 30.1 Å². The number of rotatable bonds is 13. The molecular formula is C45H44F3NO14P2-2. The summed E-state index contributed by atoms with van der Waals surface area (Å²) in [7, 11) is -11.7. The molecular weight excluding hydrogens is 897 g/mol. The fourth-order valence-electron chi connectivity index (χ4n) is 11.6. The number of hydrogen-bond donors (Lipinski definition) is 2. The third-order valence-corrected chi connectivity index (χ3v) is 17.0. The SMILES string of the molecule is C[C@]12C=CC(=O)C=C1[C@@H](F)C[C@H]1[C@@H]3C[C@H]4O[C@@H](c5cccc(F)c5)O[C@@]4(C(=O)COP(=O)([O-])OP(=O)([O-])OCCNC(=O)OCC4c5ccccc5-c5ccccc54)[C@@]3(C)C[C@H](O)[C@@]12F. The predicted molar refractivity (Wildman–Crippen MR) is 218 cm³/mol. The third kappa shape index (κ3) is 7.50. The van der Waals surface area contributed by atoms with Crippen LogP contribution in [0.3, 0.4) is 0 Å². The molecule has 1 aliphatic heterocycles. The van der Waals surface area contributed by atoms with E-state index in [0.29, 0.717) is 0 Å². The van der Waals surface area contributed by atoms with Crippen LogP contribution in [0.2, 0.25) is 0 Å². The Bertz CT molecular complexity index is 2570. The molecule has 1 amide bonds. The van der Waals surface area contributed by atoms with Crippen LogP contribution in [-0.4, -0.2) is 78.8 Å². The van der Waals surface area contributed by atoms with Gasteiger partial charge in [-0.3, -0.25) is 18.7 Å². The number of nitrogens with one attached hydrogen (secondary N) is 1. The van der Waals surface area contributed by atoms with Crippen LogP contribution in [0.15, 0.2) is 96.6 Å². The van der Waals surface area contributed by atoms with Crippen molar-refractivity contribution in [3.05, 3.63) is 119 Å². The maximum absolute atomic E-state index is 17.9. The average molecular weight is 942 g/mol. The second-order valence-corrected chi connectivity index (χ2v) is 20.7. The van der Waals surface area contributed by atoms with E-state index in [0.717, 1.165) is 46.5 Å². The lowest BCUT2D eigenvalue weighted by molar-refractivity contribution is -0.246. The van der Waals surface area contributed by atoms with Crippen molar-refractivity contribution >= 4 is 33.3 Å². The van der Waals surface area contributed by atoms with E-state index >= 15 is 8.78 Å². The molecule has 346 valence electrons. The maximum atomic E-state index is 17.9. The van der Waals surface area contributed by atoms with Crippen LogP contribution in [0.5, 0.6) is 0 Å². The largest absolute Gasteiger partial charge is 0.756 e. The van der Waals surface area contributed by atoms with Crippen molar-refractivity contribution in [2.45, 2.75) is 75.0 Å². The molecule has 0 aromatic heterocycles. The highest BCUT2D eigenvalue weighted by molar-refractivity contribution is 7.59. The van der Waals surface area contributed by atoms with Gasteiger partial charge in [0, 0.05) is 34.8 Å². The van der Waals surface area contributed by atoms with Gasteiger partial charge >= 0.3 is 6.09 Å². The standard InChI is InChI=1S/C45H46F3NO14P2/c1-42-15-14-27(50)19-35(42)36(47)20-34-33-21-39-45(43(33,2)22-37(51)44(34,42)48,62-40(61-39)25-8-7-9-26(46)18-25)38(52)24-60-65(56,57)63-64(54,55)59-17-16-49-41(53)58-23-32-30-12-5-3-10-28(30)29-11-4-6-13-31(29)32/h3-15,18-19,32-34,36-37,39-40,51H,16-17,20-24H2,1-2H3,(H,49,53)(H,54,55)(H,56,57)/p-2/t33-,34-,36-,37-,39+,40+,42-,43-,44-,45+/m0/s1. The Hall–Kier alpha value is -4.32. The second-order valence-electron chi connectivity index (χ2n) is 17.7. The summed E-state index contributed by atoms with van der Waals surface area (Å²) in [5, 5.41) is 14.2. The van der Waals surface area contributed by atoms with E-state index in [4.69, 9.17) is 18.7 Å². The average Bonchev–Trinajstić information content (AvgIpc) is 3.88. The number of carbonyl (C=O) groups excluding carboxylic acids is 3. The summed E-state index contributed by atoms with van der Waals surface area (Å²) >= 11 is 0. The minimum atomic E-state index is -5.95. The van der Waals surface area contributed by atoms with Crippen molar-refractivity contribution in [3.63, 3.8) is 0 Å². The number of allylic oxidation sites excluding steroid dienone is 4. The minimum absolute atomic E-state index is 0.0295. The smallest absolute Gasteiger partial charge is 0.407 e. The number of alkyl carbamates (subject to hydrolysis) is 1. The van der Waals surface area contributed by atoms with E-state index in [9.17, 15) is 42.8 Å². The predicted octanol–water partition coefficient (Wildman–Crippen LogP) is 6.00. The van der Waals surface area contributed by atoms with E-state index < -0.39 is 130 Å². The zero-order valence-corrected chi connectivity index (χ0v) is 36.7. The first kappa shape index (κ1) is 45.8. The molecule has 20 heteroatoms. The molecule has 3 aromatic carbocycles. The number of aliphatic hydroxyl groups is 1. The molecule has 2 unspecified atom stereocenters. The molecule has 2 N–H and O–H groups in total. The molecule has 3 saturated carbocycles. The molecule has 0 bridgehead atoms. The van der Waals surface area contributed by atoms with Crippen LogP contribution < -0.4 is 15.1 Å². The van der Waals surface area contributed by atoms with Gasteiger partial charge in [0.05, 0.1) is 18.8 Å². The molecule has 1 heterocycles. The van der Waals surface area contributed by atoms with Crippen molar-refractivity contribution in [2.75, 3.05) is 26.4 Å². The fourth-order valence-corrected chi connectivity index (χ4v) is 13.6. The number of Topliss-reactive ketones (excluding diaryl/α,β-unsaturated/α-hetero) is 1. The quantitative estimate of drug-likeness (QED) is 0.148. The van der Waals surface area contributed by atoms with Crippen LogP contribution in [0, 0.1) is 28.5 Å². The number of alkyl halides is 2. The highest BCUT2D eigenvalue weighted by Gasteiger charge is 2.80. The van der Waals surface area contributed by atoms with Gasteiger partial charge in [-0.2, -0.15) is 0 Å². The van der Waals surface area contributed by atoms with Crippen LogP contribution in [0.25, 0.3) is 11.1 Å². The van der Waals surface area contributed by atoms with Crippen LogP contribution in [-0.2, 0) is 46.3 Å². The lowest BCUT2D eigenvalue weighted by Gasteiger charge is -2.63. The maximum Gasteiger partial charge on any atom is 0.407 e. The molecule has 15 nitrogen and oxygen atoms in total. The van der Waals surface area contributed by atoms with Gasteiger partial charge in [-0.15, -0.1) is 0 Å². The Kier molecular flexibility index (Phi) is 11.6. The van der Waals surface area contributed by atoms with Gasteiger partial charge in [-0.05, 0) is 84.2 Å². The lowest BCUT2D eigenvalue weighted by atomic mass is 9.44. The first-order chi connectivity index (χ1) is 30.7. The molecule has 1 saturated heterocycles. The summed E-state index contributed by atoms with van der Waals surface area (Å²) in [5.74, 6) is -4.85. The van der Waals surface area contributed by atoms with E-state index in [1.807, 2.05) is 48.5 Å². The molecule has 65 heavy (non-hydrogen) atoms. The Morgan fingerprint density at radius 1 is 0.954 bits per heavy atom. The van der Waals surface area contributed by atoms with Crippen LogP contribution in [0.1, 0.15) is 62.0 Å². The summed E-state index contributed by atoms with van der Waals surface area (Å²) in [5.41, 5.74) is -4.22. The number of hydrogen-bond acceptors (Lipinski definition) is 14. The van der Waals surface area contributed by atoms with Crippen molar-refractivity contribution in [3.8, 4) is 11.1 Å². The molecule has 0 spiro atoms. The topological polar surface area (TPSA) is 219 Å². The Labute approximate surface area is 371 Å². The molecule has 4 fully saturated rings. The number of carbonyl (C=O) groups is 3. The van der Waals surface area contributed by atoms with Gasteiger partial charge in [-0.1, -0.05) is 73.7 Å². The van der Waals surface area contributed by atoms with Gasteiger partial charge in [0.1, 0.15) is 25.2 Å². The summed E-state index contributed by atoms with van der Waals surface area (Å²) in [4.78, 5) is 65.0. The van der Waals surface area contributed by atoms with Crippen molar-refractivity contribution in [2.24, 2.45) is 22.7 Å². The number of ketones is 2. The Morgan fingerprint density at radius 2 is 1.63 bits per heavy atom. The number of phosphoric ester groups is 2. The van der Waals surface area contributed by atoms with Crippen molar-refractivity contribution < 1.29 is 79.1 Å². The normalized spacial score (nSPS) is 35.0. The number of fused-ring (bicyclic) bond motifs is 10. The minimum Gasteiger partial charge on any atom is -0.756 e. The molecule has 12 atom stereocenters. The number of benzene rings is 3. The first-order valence-electron chi connectivity index (χ1n) is 21.0. The number of phosphoric acid groups is 2. The Morgan fingerprint density at radius 3 is 2.32 bits per heavy atom. The van der Waals surface area contributed by atoms with E-state index in [1.165, 1.54) is 32.1 Å². The van der Waals surface area contributed by atoms with Gasteiger partial charge < -0.3 is 43.5 Å². The molecule has 6 aliphatic rings. The van der Waals surface area contributed by atoms with Gasteiger partial charge in [0.2, 0.25) is 0 Å². The zero-order valence-electron chi connectivity index (χ0n) is 34.9. The molecule has 0 radical (unpaired) electrons.